The van der Waals surface area contributed by atoms with Crippen LogP contribution in [-0.2, 0) is 17.6 Å². The quantitative estimate of drug-likeness (QED) is 0.855. The molecular weight excluding hydrogens is 260 g/mol. The summed E-state index contributed by atoms with van der Waals surface area (Å²) in [6, 6.07) is 16.1. The van der Waals surface area contributed by atoms with Gasteiger partial charge in [-0.3, -0.25) is 4.79 Å². The van der Waals surface area contributed by atoms with Gasteiger partial charge in [-0.25, -0.2) is 0 Å². The summed E-state index contributed by atoms with van der Waals surface area (Å²) in [5.74, 6) is 0.0445. The lowest BCUT2D eigenvalue weighted by Gasteiger charge is -2.07. The first-order valence-corrected chi connectivity index (χ1v) is 7.32. The van der Waals surface area contributed by atoms with Crippen LogP contribution in [0.2, 0.25) is 0 Å². The van der Waals surface area contributed by atoms with E-state index in [4.69, 9.17) is 5.73 Å². The number of anilines is 1. The van der Waals surface area contributed by atoms with Crippen LogP contribution in [0.25, 0.3) is 0 Å². The molecule has 0 bridgehead atoms. The van der Waals surface area contributed by atoms with Crippen LogP contribution in [0.5, 0.6) is 0 Å². The summed E-state index contributed by atoms with van der Waals surface area (Å²) in [6.07, 6.45) is 2.12. The molecule has 0 aromatic heterocycles. The monoisotopic (exact) mass is 282 g/mol. The molecule has 0 aliphatic rings. The standard InChI is InChI=1S/C18H22N2O/c1-14-3-2-4-16(13-14)7-10-18(21)20-17-8-5-15(6-9-17)11-12-19/h2-6,8-9,13H,7,10-12,19H2,1H3,(H,20,21). The summed E-state index contributed by atoms with van der Waals surface area (Å²) in [4.78, 5) is 12.0. The number of amides is 1. The molecule has 2 aromatic carbocycles. The predicted octanol–water partition coefficient (Wildman–Crippen LogP) is 3.07. The highest BCUT2D eigenvalue weighted by molar-refractivity contribution is 5.90. The Morgan fingerprint density at radius 2 is 1.81 bits per heavy atom. The van der Waals surface area contributed by atoms with Crippen molar-refractivity contribution in [3.8, 4) is 0 Å². The van der Waals surface area contributed by atoms with Crippen molar-refractivity contribution in [2.24, 2.45) is 5.73 Å². The number of hydrogen-bond acceptors (Lipinski definition) is 2. The zero-order valence-electron chi connectivity index (χ0n) is 12.4. The van der Waals surface area contributed by atoms with Gasteiger partial charge in [0.25, 0.3) is 0 Å². The molecule has 0 spiro atoms. The molecule has 3 N–H and O–H groups in total. The number of carbonyl (C=O) groups is 1. The summed E-state index contributed by atoms with van der Waals surface area (Å²) >= 11 is 0. The van der Waals surface area contributed by atoms with Crippen molar-refractivity contribution in [3.63, 3.8) is 0 Å². The highest BCUT2D eigenvalue weighted by Gasteiger charge is 2.03. The van der Waals surface area contributed by atoms with Crippen molar-refractivity contribution < 1.29 is 4.79 Å². The van der Waals surface area contributed by atoms with Crippen molar-refractivity contribution in [2.45, 2.75) is 26.2 Å². The summed E-state index contributed by atoms with van der Waals surface area (Å²) in [7, 11) is 0. The minimum absolute atomic E-state index is 0.0445. The van der Waals surface area contributed by atoms with E-state index in [0.29, 0.717) is 13.0 Å². The molecule has 0 radical (unpaired) electrons. The van der Waals surface area contributed by atoms with E-state index < -0.39 is 0 Å². The Bertz CT molecular complexity index is 590. The van der Waals surface area contributed by atoms with Crippen LogP contribution in [0, 0.1) is 6.92 Å². The third-order valence-electron chi connectivity index (χ3n) is 3.39. The van der Waals surface area contributed by atoms with E-state index in [1.807, 2.05) is 30.3 Å². The van der Waals surface area contributed by atoms with Crippen LogP contribution < -0.4 is 11.1 Å². The first-order valence-electron chi connectivity index (χ1n) is 7.32. The maximum Gasteiger partial charge on any atom is 0.224 e. The Morgan fingerprint density at radius 3 is 2.48 bits per heavy atom. The van der Waals surface area contributed by atoms with Crippen LogP contribution >= 0.6 is 0 Å². The fraction of sp³-hybridized carbons (Fsp3) is 0.278. The van der Waals surface area contributed by atoms with E-state index in [9.17, 15) is 4.79 Å². The topological polar surface area (TPSA) is 55.1 Å². The molecule has 0 saturated carbocycles. The summed E-state index contributed by atoms with van der Waals surface area (Å²) in [5.41, 5.74) is 9.97. The average molecular weight is 282 g/mol. The average Bonchev–Trinajstić information content (AvgIpc) is 2.48. The largest absolute Gasteiger partial charge is 0.330 e. The third-order valence-corrected chi connectivity index (χ3v) is 3.39. The van der Waals surface area contributed by atoms with Gasteiger partial charge in [-0.05, 0) is 49.6 Å². The summed E-state index contributed by atoms with van der Waals surface area (Å²) in [6.45, 7) is 2.70. The van der Waals surface area contributed by atoms with Gasteiger partial charge < -0.3 is 11.1 Å². The molecule has 2 rings (SSSR count). The second kappa shape index (κ2) is 7.60. The Morgan fingerprint density at radius 1 is 1.05 bits per heavy atom. The zero-order valence-corrected chi connectivity index (χ0v) is 12.4. The van der Waals surface area contributed by atoms with E-state index in [0.717, 1.165) is 18.5 Å². The molecule has 21 heavy (non-hydrogen) atoms. The van der Waals surface area contributed by atoms with Gasteiger partial charge in [-0.1, -0.05) is 42.0 Å². The maximum absolute atomic E-state index is 12.0. The van der Waals surface area contributed by atoms with Crippen LogP contribution in [0.1, 0.15) is 23.1 Å². The highest BCUT2D eigenvalue weighted by atomic mass is 16.1. The zero-order chi connectivity index (χ0) is 15.1. The van der Waals surface area contributed by atoms with E-state index in [2.05, 4.69) is 30.4 Å². The summed E-state index contributed by atoms with van der Waals surface area (Å²) in [5, 5.41) is 2.93. The minimum Gasteiger partial charge on any atom is -0.330 e. The first kappa shape index (κ1) is 15.3. The van der Waals surface area contributed by atoms with Gasteiger partial charge in [0.1, 0.15) is 0 Å². The Balaban J connectivity index is 1.84. The van der Waals surface area contributed by atoms with E-state index >= 15 is 0 Å². The molecular formula is C18H22N2O. The fourth-order valence-corrected chi connectivity index (χ4v) is 2.27. The van der Waals surface area contributed by atoms with Crippen LogP contribution in [-0.4, -0.2) is 12.5 Å². The first-order chi connectivity index (χ1) is 10.2. The Hall–Kier alpha value is -2.13. The van der Waals surface area contributed by atoms with E-state index in [-0.39, 0.29) is 5.91 Å². The smallest absolute Gasteiger partial charge is 0.224 e. The van der Waals surface area contributed by atoms with Gasteiger partial charge in [0, 0.05) is 12.1 Å². The molecule has 0 saturated heterocycles. The molecule has 3 nitrogen and oxygen atoms in total. The van der Waals surface area contributed by atoms with Crippen LogP contribution in [0.15, 0.2) is 48.5 Å². The fourth-order valence-electron chi connectivity index (χ4n) is 2.27. The molecule has 110 valence electrons. The highest BCUT2D eigenvalue weighted by Crippen LogP contribution is 2.11. The Kier molecular flexibility index (Phi) is 5.52. The van der Waals surface area contributed by atoms with Gasteiger partial charge in [0.15, 0.2) is 0 Å². The van der Waals surface area contributed by atoms with Crippen LogP contribution in [0.4, 0.5) is 5.69 Å². The van der Waals surface area contributed by atoms with Gasteiger partial charge in [-0.2, -0.15) is 0 Å². The third kappa shape index (κ3) is 5.04. The van der Waals surface area contributed by atoms with E-state index in [1.54, 1.807) is 0 Å². The van der Waals surface area contributed by atoms with Gasteiger partial charge in [0.05, 0.1) is 0 Å². The van der Waals surface area contributed by atoms with Crippen molar-refractivity contribution >= 4 is 11.6 Å². The lowest BCUT2D eigenvalue weighted by atomic mass is 10.1. The molecule has 2 aromatic rings. The predicted molar refractivity (Wildman–Crippen MR) is 87.3 cm³/mol. The lowest BCUT2D eigenvalue weighted by Crippen LogP contribution is -2.12. The number of nitrogens with one attached hydrogen (secondary N) is 1. The Labute approximate surface area is 126 Å². The molecule has 3 heteroatoms. The molecule has 1 amide bonds. The van der Waals surface area contributed by atoms with Gasteiger partial charge in [-0.15, -0.1) is 0 Å². The van der Waals surface area contributed by atoms with Crippen LogP contribution in [0.3, 0.4) is 0 Å². The lowest BCUT2D eigenvalue weighted by molar-refractivity contribution is -0.116. The van der Waals surface area contributed by atoms with Crippen molar-refractivity contribution in [2.75, 3.05) is 11.9 Å². The maximum atomic E-state index is 12.0. The molecule has 0 unspecified atom stereocenters. The number of hydrogen-bond donors (Lipinski definition) is 2. The molecule has 0 aliphatic carbocycles. The number of rotatable bonds is 6. The number of benzene rings is 2. The normalized spacial score (nSPS) is 10.4. The number of carbonyl (C=O) groups excluding carboxylic acids is 1. The van der Waals surface area contributed by atoms with Crippen molar-refractivity contribution in [3.05, 3.63) is 65.2 Å². The molecule has 0 heterocycles. The number of aryl methyl sites for hydroxylation is 2. The molecule has 0 atom stereocenters. The van der Waals surface area contributed by atoms with Gasteiger partial charge in [0.2, 0.25) is 5.91 Å². The molecule has 0 fully saturated rings. The second-order valence-corrected chi connectivity index (χ2v) is 5.27. The van der Waals surface area contributed by atoms with Gasteiger partial charge >= 0.3 is 0 Å². The summed E-state index contributed by atoms with van der Waals surface area (Å²) < 4.78 is 0. The van der Waals surface area contributed by atoms with Crippen molar-refractivity contribution in [1.82, 2.24) is 0 Å². The number of nitrogens with two attached hydrogens (primary N) is 1. The second-order valence-electron chi connectivity index (χ2n) is 5.27. The molecule has 0 aliphatic heterocycles. The van der Waals surface area contributed by atoms with E-state index in [1.165, 1.54) is 16.7 Å². The minimum atomic E-state index is 0.0445. The SMILES string of the molecule is Cc1cccc(CCC(=O)Nc2ccc(CCN)cc2)c1. The van der Waals surface area contributed by atoms with Crippen molar-refractivity contribution in [1.29, 1.82) is 0 Å².